The Morgan fingerprint density at radius 1 is 1.26 bits per heavy atom. The second-order valence-electron chi connectivity index (χ2n) is 4.99. The first-order valence-electron chi connectivity index (χ1n) is 6.36. The van der Waals surface area contributed by atoms with E-state index in [9.17, 15) is 9.36 Å². The summed E-state index contributed by atoms with van der Waals surface area (Å²) in [6, 6.07) is 9.84. The van der Waals surface area contributed by atoms with Gasteiger partial charge in [0.2, 0.25) is 0 Å². The van der Waals surface area contributed by atoms with E-state index in [0.717, 1.165) is 5.56 Å². The van der Waals surface area contributed by atoms with E-state index in [0.29, 0.717) is 19.4 Å². The van der Waals surface area contributed by atoms with Crippen LogP contribution in [0.3, 0.4) is 0 Å². The minimum atomic E-state index is -2.22. The third-order valence-corrected chi connectivity index (χ3v) is 3.53. The van der Waals surface area contributed by atoms with Crippen LogP contribution in [0.5, 0.6) is 0 Å². The first-order chi connectivity index (χ1) is 8.90. The monoisotopic (exact) mass is 283 g/mol. The number of hydrogen-bond acceptors (Lipinski definition) is 4. The number of hydrogen-bond donors (Lipinski definition) is 0. The predicted octanol–water partition coefficient (Wildman–Crippen LogP) is 2.63. The van der Waals surface area contributed by atoms with Gasteiger partial charge in [0, 0.05) is 6.54 Å². The zero-order chi connectivity index (χ0) is 14.3. The SMILES string of the molecule is CCOC(=O)CN(Cc1ccccc1)CP(C)(C)=O. The predicted molar refractivity (Wildman–Crippen MR) is 77.8 cm³/mol. The van der Waals surface area contributed by atoms with Crippen molar-refractivity contribution in [2.24, 2.45) is 0 Å². The molecule has 0 fully saturated rings. The molecule has 0 saturated carbocycles. The molecule has 0 aliphatic carbocycles. The van der Waals surface area contributed by atoms with E-state index in [-0.39, 0.29) is 12.5 Å². The minimum Gasteiger partial charge on any atom is -0.465 e. The lowest BCUT2D eigenvalue weighted by molar-refractivity contribution is -0.144. The third kappa shape index (κ3) is 7.14. The first kappa shape index (κ1) is 15.9. The van der Waals surface area contributed by atoms with E-state index in [1.165, 1.54) is 0 Å². The molecule has 0 atom stereocenters. The highest BCUT2D eigenvalue weighted by atomic mass is 31.2. The molecule has 106 valence electrons. The van der Waals surface area contributed by atoms with Crippen molar-refractivity contribution in [1.82, 2.24) is 4.90 Å². The highest BCUT2D eigenvalue weighted by Gasteiger charge is 2.18. The first-order valence-corrected chi connectivity index (χ1v) is 9.15. The molecule has 1 aromatic rings. The van der Waals surface area contributed by atoms with Gasteiger partial charge in [-0.2, -0.15) is 0 Å². The topological polar surface area (TPSA) is 46.6 Å². The summed E-state index contributed by atoms with van der Waals surface area (Å²) in [7, 11) is -2.22. The minimum absolute atomic E-state index is 0.175. The van der Waals surface area contributed by atoms with Crippen molar-refractivity contribution in [1.29, 1.82) is 0 Å². The van der Waals surface area contributed by atoms with E-state index < -0.39 is 7.14 Å². The zero-order valence-corrected chi connectivity index (χ0v) is 12.7. The van der Waals surface area contributed by atoms with Crippen molar-refractivity contribution < 1.29 is 14.1 Å². The molecule has 4 nitrogen and oxygen atoms in total. The maximum absolute atomic E-state index is 12.0. The van der Waals surface area contributed by atoms with Gasteiger partial charge in [-0.3, -0.25) is 9.69 Å². The molecule has 0 amide bonds. The summed E-state index contributed by atoms with van der Waals surface area (Å²) in [6.45, 7) is 6.39. The van der Waals surface area contributed by atoms with E-state index in [1.807, 2.05) is 35.2 Å². The molecule has 0 unspecified atom stereocenters. The van der Waals surface area contributed by atoms with Crippen molar-refractivity contribution in [2.75, 3.05) is 32.8 Å². The van der Waals surface area contributed by atoms with Crippen LogP contribution in [0.1, 0.15) is 12.5 Å². The Kier molecular flexibility index (Phi) is 6.26. The highest BCUT2D eigenvalue weighted by Crippen LogP contribution is 2.36. The van der Waals surface area contributed by atoms with Crippen molar-refractivity contribution in [3.05, 3.63) is 35.9 Å². The number of carbonyl (C=O) groups is 1. The average molecular weight is 283 g/mol. The van der Waals surface area contributed by atoms with Crippen LogP contribution in [0, 0.1) is 0 Å². The lowest BCUT2D eigenvalue weighted by atomic mass is 10.2. The number of ether oxygens (including phenoxy) is 1. The van der Waals surface area contributed by atoms with Gasteiger partial charge in [0.1, 0.15) is 0 Å². The van der Waals surface area contributed by atoms with Gasteiger partial charge in [0.25, 0.3) is 0 Å². The summed E-state index contributed by atoms with van der Waals surface area (Å²) in [5.41, 5.74) is 1.10. The molecule has 0 aromatic heterocycles. The summed E-state index contributed by atoms with van der Waals surface area (Å²) in [4.78, 5) is 13.5. The van der Waals surface area contributed by atoms with E-state index in [2.05, 4.69) is 0 Å². The number of carbonyl (C=O) groups excluding carboxylic acids is 1. The number of rotatable bonds is 7. The molecule has 0 bridgehead atoms. The molecule has 0 aliphatic rings. The molecular formula is C14H22NO3P. The molecule has 0 spiro atoms. The third-order valence-electron chi connectivity index (χ3n) is 2.45. The molecule has 19 heavy (non-hydrogen) atoms. The van der Waals surface area contributed by atoms with Gasteiger partial charge >= 0.3 is 5.97 Å². The van der Waals surface area contributed by atoms with E-state index in [1.54, 1.807) is 20.3 Å². The fourth-order valence-electron chi connectivity index (χ4n) is 1.87. The number of benzene rings is 1. The number of esters is 1. The molecule has 0 N–H and O–H groups in total. The Balaban J connectivity index is 2.69. The van der Waals surface area contributed by atoms with Crippen LogP contribution >= 0.6 is 7.14 Å². The Hall–Kier alpha value is -1.12. The van der Waals surface area contributed by atoms with Crippen LogP contribution in [-0.4, -0.2) is 43.6 Å². The van der Waals surface area contributed by atoms with Crippen molar-refractivity contribution in [2.45, 2.75) is 13.5 Å². The summed E-state index contributed by atoms with van der Waals surface area (Å²) >= 11 is 0. The van der Waals surface area contributed by atoms with Crippen LogP contribution in [0.4, 0.5) is 0 Å². The van der Waals surface area contributed by atoms with Crippen LogP contribution in [0.25, 0.3) is 0 Å². The summed E-state index contributed by atoms with van der Waals surface area (Å²) in [6.07, 6.45) is 0.417. The highest BCUT2D eigenvalue weighted by molar-refractivity contribution is 7.62. The van der Waals surface area contributed by atoms with Gasteiger partial charge in [0.05, 0.1) is 26.6 Å². The fraction of sp³-hybridized carbons (Fsp3) is 0.500. The summed E-state index contributed by atoms with van der Waals surface area (Å²) < 4.78 is 16.9. The second-order valence-corrected chi connectivity index (χ2v) is 8.42. The van der Waals surface area contributed by atoms with Crippen molar-refractivity contribution in [3.8, 4) is 0 Å². The Labute approximate surface area is 115 Å². The second kappa shape index (κ2) is 7.46. The Bertz CT molecular complexity index is 441. The molecule has 0 radical (unpaired) electrons. The van der Waals surface area contributed by atoms with Gasteiger partial charge < -0.3 is 9.30 Å². The van der Waals surface area contributed by atoms with E-state index in [4.69, 9.17) is 4.74 Å². The molecule has 0 heterocycles. The smallest absolute Gasteiger partial charge is 0.320 e. The van der Waals surface area contributed by atoms with Gasteiger partial charge in [-0.1, -0.05) is 30.3 Å². The summed E-state index contributed by atoms with van der Waals surface area (Å²) in [5, 5.41) is 0. The van der Waals surface area contributed by atoms with Crippen molar-refractivity contribution >= 4 is 13.1 Å². The van der Waals surface area contributed by atoms with E-state index >= 15 is 0 Å². The normalized spacial score (nSPS) is 11.6. The largest absolute Gasteiger partial charge is 0.465 e. The molecule has 0 saturated heterocycles. The molecule has 0 aliphatic heterocycles. The van der Waals surface area contributed by atoms with Gasteiger partial charge in [-0.05, 0) is 25.8 Å². The van der Waals surface area contributed by atoms with Gasteiger partial charge in [-0.15, -0.1) is 0 Å². The maximum atomic E-state index is 12.0. The van der Waals surface area contributed by atoms with Gasteiger partial charge in [-0.25, -0.2) is 0 Å². The van der Waals surface area contributed by atoms with Crippen LogP contribution in [-0.2, 0) is 20.6 Å². The standard InChI is InChI=1S/C14H22NO3P/c1-4-18-14(16)11-15(12-19(2,3)17)10-13-8-6-5-7-9-13/h5-9H,4,10-12H2,1-3H3. The Morgan fingerprint density at radius 3 is 2.42 bits per heavy atom. The van der Waals surface area contributed by atoms with Gasteiger partial charge in [0.15, 0.2) is 0 Å². The molecule has 1 rings (SSSR count). The zero-order valence-electron chi connectivity index (χ0n) is 11.8. The average Bonchev–Trinajstić information content (AvgIpc) is 2.28. The number of nitrogens with zero attached hydrogens (tertiary/aromatic N) is 1. The van der Waals surface area contributed by atoms with Crippen LogP contribution in [0.2, 0.25) is 0 Å². The lowest BCUT2D eigenvalue weighted by Gasteiger charge is -2.23. The van der Waals surface area contributed by atoms with Crippen molar-refractivity contribution in [3.63, 3.8) is 0 Å². The molecule has 1 aromatic carbocycles. The lowest BCUT2D eigenvalue weighted by Crippen LogP contribution is -2.31. The summed E-state index contributed by atoms with van der Waals surface area (Å²) in [5.74, 6) is -0.271. The quantitative estimate of drug-likeness (QED) is 0.570. The maximum Gasteiger partial charge on any atom is 0.320 e. The van der Waals surface area contributed by atoms with Crippen LogP contribution in [0.15, 0.2) is 30.3 Å². The Morgan fingerprint density at radius 2 is 1.89 bits per heavy atom. The molecule has 5 heteroatoms. The molecular weight excluding hydrogens is 261 g/mol. The fourth-order valence-corrected chi connectivity index (χ4v) is 3.03. The van der Waals surface area contributed by atoms with Crippen LogP contribution < -0.4 is 0 Å².